The van der Waals surface area contributed by atoms with Gasteiger partial charge in [-0.3, -0.25) is 9.80 Å². The smallest absolute Gasteiger partial charge is 0.122 e. The fourth-order valence-corrected chi connectivity index (χ4v) is 3.88. The third-order valence-corrected chi connectivity index (χ3v) is 5.35. The Morgan fingerprint density at radius 1 is 1.08 bits per heavy atom. The number of methoxy groups -OCH3 is 2. The maximum atomic E-state index is 9.52. The van der Waals surface area contributed by atoms with Gasteiger partial charge in [0.25, 0.3) is 0 Å². The van der Waals surface area contributed by atoms with Gasteiger partial charge in [0.05, 0.1) is 14.2 Å². The van der Waals surface area contributed by atoms with E-state index in [1.807, 2.05) is 6.07 Å². The standard InChI is InChI=1S/C20H34N2O3/c1-5-17(6-2)22-9-8-21(18(15-22)7-10-23)14-16-11-19(24-3)13-20(12-16)25-4/h11-13,17-18,23H,5-10,14-15H2,1-4H3/t18-/m1/s1. The van der Waals surface area contributed by atoms with Crippen molar-refractivity contribution in [2.45, 2.75) is 51.7 Å². The molecule has 1 aromatic carbocycles. The van der Waals surface area contributed by atoms with E-state index in [9.17, 15) is 5.11 Å². The van der Waals surface area contributed by atoms with Crippen molar-refractivity contribution in [2.24, 2.45) is 0 Å². The molecule has 0 saturated carbocycles. The van der Waals surface area contributed by atoms with Gasteiger partial charge in [-0.2, -0.15) is 0 Å². The molecule has 1 heterocycles. The van der Waals surface area contributed by atoms with Gasteiger partial charge in [-0.05, 0) is 37.0 Å². The number of benzene rings is 1. The third-order valence-electron chi connectivity index (χ3n) is 5.35. The number of rotatable bonds is 9. The Bertz CT molecular complexity index is 497. The molecule has 1 fully saturated rings. The predicted octanol–water partition coefficient (Wildman–Crippen LogP) is 2.76. The zero-order valence-electron chi connectivity index (χ0n) is 16.2. The summed E-state index contributed by atoms with van der Waals surface area (Å²) in [5.74, 6) is 1.65. The second kappa shape index (κ2) is 10.00. The van der Waals surface area contributed by atoms with Crippen LogP contribution in [-0.2, 0) is 6.54 Å². The molecule has 1 aliphatic heterocycles. The van der Waals surface area contributed by atoms with E-state index < -0.39 is 0 Å². The third kappa shape index (κ3) is 5.33. The van der Waals surface area contributed by atoms with Crippen LogP contribution in [0.4, 0.5) is 0 Å². The summed E-state index contributed by atoms with van der Waals surface area (Å²) in [4.78, 5) is 5.09. The molecule has 1 aromatic rings. The molecule has 0 aliphatic carbocycles. The van der Waals surface area contributed by atoms with Crippen molar-refractivity contribution in [1.82, 2.24) is 9.80 Å². The van der Waals surface area contributed by atoms with E-state index in [4.69, 9.17) is 9.47 Å². The van der Waals surface area contributed by atoms with Crippen LogP contribution in [0.3, 0.4) is 0 Å². The first-order chi connectivity index (χ1) is 12.1. The van der Waals surface area contributed by atoms with Crippen LogP contribution in [-0.4, -0.2) is 67.5 Å². The summed E-state index contributed by atoms with van der Waals surface area (Å²) in [6.45, 7) is 8.78. The number of ether oxygens (including phenoxy) is 2. The molecule has 0 amide bonds. The molecular formula is C20H34N2O3. The van der Waals surface area contributed by atoms with E-state index in [1.165, 1.54) is 18.4 Å². The minimum Gasteiger partial charge on any atom is -0.497 e. The Labute approximate surface area is 152 Å². The first-order valence-corrected chi connectivity index (χ1v) is 9.46. The summed E-state index contributed by atoms with van der Waals surface area (Å²) < 4.78 is 10.8. The lowest BCUT2D eigenvalue weighted by molar-refractivity contribution is 0.0293. The average molecular weight is 351 g/mol. The quantitative estimate of drug-likeness (QED) is 0.742. The van der Waals surface area contributed by atoms with Gasteiger partial charge in [0.15, 0.2) is 0 Å². The number of hydrogen-bond acceptors (Lipinski definition) is 5. The highest BCUT2D eigenvalue weighted by molar-refractivity contribution is 5.38. The monoisotopic (exact) mass is 350 g/mol. The SMILES string of the molecule is CCC(CC)N1CCN(Cc2cc(OC)cc(OC)c2)[C@H](CCO)C1. The molecule has 0 aromatic heterocycles. The largest absolute Gasteiger partial charge is 0.497 e. The van der Waals surface area contributed by atoms with E-state index in [2.05, 4.69) is 35.8 Å². The Kier molecular flexibility index (Phi) is 8.00. The van der Waals surface area contributed by atoms with Crippen molar-refractivity contribution >= 4 is 0 Å². The molecule has 0 radical (unpaired) electrons. The van der Waals surface area contributed by atoms with Crippen LogP contribution < -0.4 is 9.47 Å². The van der Waals surface area contributed by atoms with Gasteiger partial charge in [-0.25, -0.2) is 0 Å². The number of aliphatic hydroxyl groups excluding tert-OH is 1. The van der Waals surface area contributed by atoms with Crippen LogP contribution in [0.25, 0.3) is 0 Å². The number of piperazine rings is 1. The number of nitrogens with zero attached hydrogens (tertiary/aromatic N) is 2. The Morgan fingerprint density at radius 2 is 1.72 bits per heavy atom. The molecule has 0 bridgehead atoms. The first-order valence-electron chi connectivity index (χ1n) is 9.46. The summed E-state index contributed by atoms with van der Waals surface area (Å²) in [5.41, 5.74) is 1.19. The van der Waals surface area contributed by atoms with Gasteiger partial charge in [-0.1, -0.05) is 13.8 Å². The average Bonchev–Trinajstić information content (AvgIpc) is 2.64. The van der Waals surface area contributed by atoms with E-state index >= 15 is 0 Å². The molecule has 0 unspecified atom stereocenters. The van der Waals surface area contributed by atoms with Gasteiger partial charge in [0, 0.05) is 50.9 Å². The summed E-state index contributed by atoms with van der Waals surface area (Å²) in [5, 5.41) is 9.52. The van der Waals surface area contributed by atoms with Crippen LogP contribution in [0, 0.1) is 0 Å². The van der Waals surface area contributed by atoms with Gasteiger partial charge in [0.1, 0.15) is 11.5 Å². The zero-order chi connectivity index (χ0) is 18.2. The summed E-state index contributed by atoms with van der Waals surface area (Å²) in [6, 6.07) is 7.09. The molecule has 142 valence electrons. The number of hydrogen-bond donors (Lipinski definition) is 1. The molecule has 5 nitrogen and oxygen atoms in total. The molecule has 1 saturated heterocycles. The second-order valence-corrected chi connectivity index (χ2v) is 6.82. The maximum absolute atomic E-state index is 9.52. The van der Waals surface area contributed by atoms with E-state index in [0.29, 0.717) is 12.1 Å². The zero-order valence-corrected chi connectivity index (χ0v) is 16.2. The van der Waals surface area contributed by atoms with Crippen molar-refractivity contribution in [3.63, 3.8) is 0 Å². The molecule has 1 N–H and O–H groups in total. The summed E-state index contributed by atoms with van der Waals surface area (Å²) in [7, 11) is 3.36. The van der Waals surface area contributed by atoms with Crippen LogP contribution in [0.1, 0.15) is 38.7 Å². The minimum atomic E-state index is 0.235. The Balaban J connectivity index is 2.10. The molecule has 1 aliphatic rings. The lowest BCUT2D eigenvalue weighted by atomic mass is 10.0. The van der Waals surface area contributed by atoms with Crippen molar-refractivity contribution in [1.29, 1.82) is 0 Å². The maximum Gasteiger partial charge on any atom is 0.122 e. The van der Waals surface area contributed by atoms with Crippen molar-refractivity contribution in [3.8, 4) is 11.5 Å². The highest BCUT2D eigenvalue weighted by Crippen LogP contribution is 2.26. The topological polar surface area (TPSA) is 45.2 Å². The molecule has 2 rings (SSSR count). The van der Waals surface area contributed by atoms with E-state index in [0.717, 1.165) is 44.1 Å². The van der Waals surface area contributed by atoms with Crippen molar-refractivity contribution in [2.75, 3.05) is 40.5 Å². The highest BCUT2D eigenvalue weighted by atomic mass is 16.5. The molecule has 1 atom stereocenters. The lowest BCUT2D eigenvalue weighted by Gasteiger charge is -2.44. The van der Waals surface area contributed by atoms with Gasteiger partial charge in [0.2, 0.25) is 0 Å². The normalized spacial score (nSPS) is 19.4. The second-order valence-electron chi connectivity index (χ2n) is 6.82. The Hall–Kier alpha value is -1.30. The summed E-state index contributed by atoms with van der Waals surface area (Å²) in [6.07, 6.45) is 3.20. The molecule has 25 heavy (non-hydrogen) atoms. The van der Waals surface area contributed by atoms with Gasteiger partial charge >= 0.3 is 0 Å². The minimum absolute atomic E-state index is 0.235. The molecule has 0 spiro atoms. The predicted molar refractivity (Wildman–Crippen MR) is 101 cm³/mol. The number of aliphatic hydroxyl groups is 1. The van der Waals surface area contributed by atoms with E-state index in [-0.39, 0.29) is 6.61 Å². The van der Waals surface area contributed by atoms with Crippen molar-refractivity contribution in [3.05, 3.63) is 23.8 Å². The summed E-state index contributed by atoms with van der Waals surface area (Å²) >= 11 is 0. The highest BCUT2D eigenvalue weighted by Gasteiger charge is 2.29. The molecular weight excluding hydrogens is 316 g/mol. The first kappa shape index (κ1) is 20.0. The van der Waals surface area contributed by atoms with Crippen LogP contribution in [0.15, 0.2) is 18.2 Å². The fourth-order valence-electron chi connectivity index (χ4n) is 3.88. The lowest BCUT2D eigenvalue weighted by Crippen LogP contribution is -2.55. The van der Waals surface area contributed by atoms with Gasteiger partial charge < -0.3 is 14.6 Å². The fraction of sp³-hybridized carbons (Fsp3) is 0.700. The van der Waals surface area contributed by atoms with E-state index in [1.54, 1.807) is 14.2 Å². The Morgan fingerprint density at radius 3 is 2.24 bits per heavy atom. The van der Waals surface area contributed by atoms with Crippen LogP contribution >= 0.6 is 0 Å². The van der Waals surface area contributed by atoms with Gasteiger partial charge in [-0.15, -0.1) is 0 Å². The van der Waals surface area contributed by atoms with Crippen molar-refractivity contribution < 1.29 is 14.6 Å². The van der Waals surface area contributed by atoms with Crippen LogP contribution in [0.5, 0.6) is 11.5 Å². The molecule has 5 heteroatoms. The van der Waals surface area contributed by atoms with Crippen LogP contribution in [0.2, 0.25) is 0 Å².